The second kappa shape index (κ2) is 6.41. The highest BCUT2D eigenvalue weighted by atomic mass is 16.4. The van der Waals surface area contributed by atoms with Gasteiger partial charge in [0.2, 0.25) is 5.91 Å². The van der Waals surface area contributed by atoms with Crippen molar-refractivity contribution in [1.82, 2.24) is 5.32 Å². The van der Waals surface area contributed by atoms with Crippen molar-refractivity contribution in [2.24, 2.45) is 0 Å². The minimum atomic E-state index is -1.02. The Hall–Kier alpha value is -2.04. The van der Waals surface area contributed by atoms with Gasteiger partial charge in [0.1, 0.15) is 6.54 Å². The number of aryl methyl sites for hydroxylation is 2. The van der Waals surface area contributed by atoms with E-state index in [0.717, 1.165) is 31.5 Å². The minimum Gasteiger partial charge on any atom is -0.480 e. The number of carbonyl (C=O) groups excluding carboxylic acids is 1. The van der Waals surface area contributed by atoms with Gasteiger partial charge in [0.05, 0.1) is 6.54 Å². The lowest BCUT2D eigenvalue weighted by Crippen LogP contribution is -2.41. The molecule has 0 bridgehead atoms. The van der Waals surface area contributed by atoms with E-state index in [0.29, 0.717) is 0 Å². The third-order valence-electron chi connectivity index (χ3n) is 3.55. The van der Waals surface area contributed by atoms with E-state index in [1.54, 1.807) is 0 Å². The summed E-state index contributed by atoms with van der Waals surface area (Å²) in [5.41, 5.74) is 3.68. The lowest BCUT2D eigenvalue weighted by molar-refractivity contribution is -0.137. The van der Waals surface area contributed by atoms with Gasteiger partial charge in [-0.25, -0.2) is 0 Å². The molecular formula is C15H20N2O3. The number of amides is 1. The Bertz CT molecular complexity index is 500. The largest absolute Gasteiger partial charge is 0.480 e. The molecule has 20 heavy (non-hydrogen) atoms. The van der Waals surface area contributed by atoms with Gasteiger partial charge in [-0.2, -0.15) is 0 Å². The van der Waals surface area contributed by atoms with Gasteiger partial charge in [-0.1, -0.05) is 25.1 Å². The standard InChI is InChI=1S/C15H20N2O3/c1-2-11-5-3-6-12-7-4-8-17(15(11)12)10-13(18)16-9-14(19)20/h3,5-6H,2,4,7-10H2,1H3,(H,16,18)(H,19,20). The van der Waals surface area contributed by atoms with Crippen molar-refractivity contribution in [2.45, 2.75) is 26.2 Å². The highest BCUT2D eigenvalue weighted by Gasteiger charge is 2.21. The molecule has 108 valence electrons. The number of benzene rings is 1. The van der Waals surface area contributed by atoms with E-state index in [1.165, 1.54) is 11.1 Å². The quantitative estimate of drug-likeness (QED) is 0.848. The van der Waals surface area contributed by atoms with E-state index >= 15 is 0 Å². The van der Waals surface area contributed by atoms with Crippen molar-refractivity contribution in [3.63, 3.8) is 0 Å². The number of para-hydroxylation sites is 1. The molecule has 2 rings (SSSR count). The zero-order valence-electron chi connectivity index (χ0n) is 11.7. The van der Waals surface area contributed by atoms with Crippen LogP contribution in [-0.4, -0.2) is 36.6 Å². The molecule has 0 radical (unpaired) electrons. The van der Waals surface area contributed by atoms with Gasteiger partial charge >= 0.3 is 5.97 Å². The molecule has 1 amide bonds. The number of rotatable bonds is 5. The number of aliphatic carboxylic acids is 1. The van der Waals surface area contributed by atoms with E-state index in [1.807, 2.05) is 0 Å². The molecule has 0 aromatic heterocycles. The second-order valence-electron chi connectivity index (χ2n) is 4.97. The Labute approximate surface area is 118 Å². The number of carboxylic acid groups (broad SMARTS) is 1. The first-order valence-electron chi connectivity index (χ1n) is 6.96. The Morgan fingerprint density at radius 1 is 1.40 bits per heavy atom. The van der Waals surface area contributed by atoms with Crippen LogP contribution in [0.25, 0.3) is 0 Å². The van der Waals surface area contributed by atoms with Crippen LogP contribution >= 0.6 is 0 Å². The highest BCUT2D eigenvalue weighted by molar-refractivity contribution is 5.85. The van der Waals surface area contributed by atoms with E-state index in [9.17, 15) is 9.59 Å². The van der Waals surface area contributed by atoms with Gasteiger partial charge in [0.15, 0.2) is 0 Å². The van der Waals surface area contributed by atoms with Crippen molar-refractivity contribution in [2.75, 3.05) is 24.5 Å². The number of anilines is 1. The Morgan fingerprint density at radius 2 is 2.20 bits per heavy atom. The maximum atomic E-state index is 11.8. The monoisotopic (exact) mass is 276 g/mol. The average molecular weight is 276 g/mol. The molecule has 1 heterocycles. The molecule has 1 aromatic carbocycles. The van der Waals surface area contributed by atoms with Crippen molar-refractivity contribution in [3.05, 3.63) is 29.3 Å². The van der Waals surface area contributed by atoms with Crippen LogP contribution < -0.4 is 10.2 Å². The number of hydrogen-bond donors (Lipinski definition) is 2. The van der Waals surface area contributed by atoms with Crippen LogP contribution in [0.1, 0.15) is 24.5 Å². The van der Waals surface area contributed by atoms with Gasteiger partial charge < -0.3 is 15.3 Å². The van der Waals surface area contributed by atoms with Crippen molar-refractivity contribution in [1.29, 1.82) is 0 Å². The fourth-order valence-electron chi connectivity index (χ4n) is 2.67. The minimum absolute atomic E-state index is 0.220. The van der Waals surface area contributed by atoms with E-state index in [2.05, 4.69) is 35.3 Å². The van der Waals surface area contributed by atoms with Crippen molar-refractivity contribution >= 4 is 17.6 Å². The lowest BCUT2D eigenvalue weighted by atomic mass is 9.96. The summed E-state index contributed by atoms with van der Waals surface area (Å²) in [6.45, 7) is 2.84. The zero-order valence-corrected chi connectivity index (χ0v) is 11.7. The summed E-state index contributed by atoms with van der Waals surface area (Å²) in [7, 11) is 0. The molecule has 0 aliphatic carbocycles. The van der Waals surface area contributed by atoms with Crippen LogP contribution in [0, 0.1) is 0 Å². The van der Waals surface area contributed by atoms with Gasteiger partial charge in [-0.15, -0.1) is 0 Å². The highest BCUT2D eigenvalue weighted by Crippen LogP contribution is 2.30. The molecule has 0 unspecified atom stereocenters. The van der Waals surface area contributed by atoms with E-state index in [-0.39, 0.29) is 19.0 Å². The SMILES string of the molecule is CCc1cccc2c1N(CC(=O)NCC(=O)O)CCC2. The number of fused-ring (bicyclic) bond motifs is 1. The van der Waals surface area contributed by atoms with Crippen LogP contribution in [0.4, 0.5) is 5.69 Å². The number of carbonyl (C=O) groups is 2. The maximum absolute atomic E-state index is 11.8. The molecule has 5 nitrogen and oxygen atoms in total. The predicted octanol–water partition coefficient (Wildman–Crippen LogP) is 1.20. The second-order valence-corrected chi connectivity index (χ2v) is 4.97. The Kier molecular flexibility index (Phi) is 4.61. The first-order chi connectivity index (χ1) is 9.61. The fraction of sp³-hybridized carbons (Fsp3) is 0.467. The summed E-state index contributed by atoms with van der Waals surface area (Å²) in [6.07, 6.45) is 2.99. The number of hydrogen-bond acceptors (Lipinski definition) is 3. The van der Waals surface area contributed by atoms with Gasteiger partial charge in [0.25, 0.3) is 0 Å². The molecule has 0 spiro atoms. The molecule has 0 atom stereocenters. The summed E-state index contributed by atoms with van der Waals surface area (Å²) in [6, 6.07) is 6.26. The Balaban J connectivity index is 2.12. The van der Waals surface area contributed by atoms with Gasteiger partial charge in [0, 0.05) is 12.2 Å². The van der Waals surface area contributed by atoms with Crippen LogP contribution in [0.3, 0.4) is 0 Å². The normalized spacial score (nSPS) is 13.8. The molecule has 1 aliphatic rings. The van der Waals surface area contributed by atoms with Crippen LogP contribution in [0.2, 0.25) is 0 Å². The molecule has 0 fully saturated rings. The molecule has 1 aliphatic heterocycles. The lowest BCUT2D eigenvalue weighted by Gasteiger charge is -2.32. The zero-order chi connectivity index (χ0) is 14.5. The molecule has 1 aromatic rings. The molecule has 5 heteroatoms. The smallest absolute Gasteiger partial charge is 0.322 e. The summed E-state index contributed by atoms with van der Waals surface area (Å²) < 4.78 is 0. The maximum Gasteiger partial charge on any atom is 0.322 e. The van der Waals surface area contributed by atoms with Crippen LogP contribution in [0.5, 0.6) is 0 Å². The molecule has 0 saturated heterocycles. The first kappa shape index (κ1) is 14.4. The van der Waals surface area contributed by atoms with Crippen molar-refractivity contribution < 1.29 is 14.7 Å². The predicted molar refractivity (Wildman–Crippen MR) is 77.0 cm³/mol. The molecular weight excluding hydrogens is 256 g/mol. The molecule has 2 N–H and O–H groups in total. The topological polar surface area (TPSA) is 69.6 Å². The van der Waals surface area contributed by atoms with Crippen molar-refractivity contribution in [3.8, 4) is 0 Å². The summed E-state index contributed by atoms with van der Waals surface area (Å²) in [4.78, 5) is 24.3. The Morgan fingerprint density at radius 3 is 2.90 bits per heavy atom. The van der Waals surface area contributed by atoms with Crippen LogP contribution in [-0.2, 0) is 22.4 Å². The van der Waals surface area contributed by atoms with Gasteiger partial charge in [-0.3, -0.25) is 9.59 Å². The number of nitrogens with zero attached hydrogens (tertiary/aromatic N) is 1. The van der Waals surface area contributed by atoms with Gasteiger partial charge in [-0.05, 0) is 30.4 Å². The van der Waals surface area contributed by atoms with E-state index < -0.39 is 5.97 Å². The number of carboxylic acids is 1. The third-order valence-corrected chi connectivity index (χ3v) is 3.55. The van der Waals surface area contributed by atoms with E-state index in [4.69, 9.17) is 5.11 Å². The number of nitrogens with one attached hydrogen (secondary N) is 1. The molecule has 0 saturated carbocycles. The fourth-order valence-corrected chi connectivity index (χ4v) is 2.67. The first-order valence-corrected chi connectivity index (χ1v) is 6.96. The average Bonchev–Trinajstić information content (AvgIpc) is 2.44. The summed E-state index contributed by atoms with van der Waals surface area (Å²) in [5.74, 6) is -1.27. The summed E-state index contributed by atoms with van der Waals surface area (Å²) in [5, 5.41) is 11.0. The van der Waals surface area contributed by atoms with Crippen LogP contribution in [0.15, 0.2) is 18.2 Å². The summed E-state index contributed by atoms with van der Waals surface area (Å²) >= 11 is 0. The third kappa shape index (κ3) is 3.29.